The highest BCUT2D eigenvalue weighted by Crippen LogP contribution is 2.27. The number of aromatic nitrogens is 3. The zero-order chi connectivity index (χ0) is 19.6. The molecule has 0 amide bonds. The minimum atomic E-state index is -3.14. The van der Waals surface area contributed by atoms with Crippen molar-refractivity contribution in [1.82, 2.24) is 20.3 Å². The van der Waals surface area contributed by atoms with E-state index in [1.54, 1.807) is 0 Å². The number of nitrogens with zero attached hydrogens (tertiary/aromatic N) is 4. The van der Waals surface area contributed by atoms with Crippen molar-refractivity contribution in [1.29, 1.82) is 0 Å². The Balaban J connectivity index is 1.79. The average molecular weight is 417 g/mol. The van der Waals surface area contributed by atoms with Crippen LogP contribution in [0, 0.1) is 11.6 Å². The summed E-state index contributed by atoms with van der Waals surface area (Å²) in [6, 6.07) is 2.26. The van der Waals surface area contributed by atoms with E-state index in [1.165, 1.54) is 22.9 Å². The fraction of sp³-hybridized carbons (Fsp3) is 0.400. The molecular weight excluding hydrogens is 400 g/mol. The van der Waals surface area contributed by atoms with Crippen LogP contribution in [0.3, 0.4) is 0 Å². The van der Waals surface area contributed by atoms with Crippen molar-refractivity contribution in [3.63, 3.8) is 0 Å². The van der Waals surface area contributed by atoms with E-state index in [9.17, 15) is 17.2 Å². The number of methoxy groups -OCH3 is 1. The number of nitrogens with one attached hydrogen (secondary N) is 1. The minimum absolute atomic E-state index is 0.0497. The Morgan fingerprint density at radius 2 is 1.93 bits per heavy atom. The van der Waals surface area contributed by atoms with E-state index in [4.69, 9.17) is 17.0 Å². The van der Waals surface area contributed by atoms with Crippen LogP contribution >= 0.6 is 12.2 Å². The molecule has 1 aromatic carbocycles. The molecule has 0 bridgehead atoms. The lowest BCUT2D eigenvalue weighted by Gasteiger charge is -2.29. The van der Waals surface area contributed by atoms with Gasteiger partial charge in [-0.25, -0.2) is 21.9 Å². The summed E-state index contributed by atoms with van der Waals surface area (Å²) >= 11 is 4.85. The third-order valence-corrected chi connectivity index (χ3v) is 5.99. The first-order valence-electron chi connectivity index (χ1n) is 7.97. The lowest BCUT2D eigenvalue weighted by atomic mass is 10.2. The summed E-state index contributed by atoms with van der Waals surface area (Å²) in [7, 11) is -1.72. The monoisotopic (exact) mass is 417 g/mol. The van der Waals surface area contributed by atoms with E-state index in [0.29, 0.717) is 5.69 Å². The summed E-state index contributed by atoms with van der Waals surface area (Å²) in [5.74, 6) is -1.84. The molecular formula is C15H17F2N5O3S2. The topological polar surface area (TPSA) is 89.4 Å². The molecule has 0 saturated carbocycles. The highest BCUT2D eigenvalue weighted by atomic mass is 32.2. The maximum absolute atomic E-state index is 14.5. The molecule has 0 spiro atoms. The number of hydrogen-bond acceptors (Lipinski definition) is 7. The van der Waals surface area contributed by atoms with Crippen LogP contribution in [0.1, 0.15) is 5.69 Å². The number of rotatable bonds is 4. The Kier molecular flexibility index (Phi) is 5.56. The SMILES string of the molecule is COC(=S)NCc1cn(-c2cc(F)c(N3CCS(=O)(=O)CC3)c(F)c2)nn1. The van der Waals surface area contributed by atoms with Gasteiger partial charge in [0.2, 0.25) is 0 Å². The van der Waals surface area contributed by atoms with E-state index >= 15 is 0 Å². The highest BCUT2D eigenvalue weighted by molar-refractivity contribution is 7.91. The predicted molar refractivity (Wildman–Crippen MR) is 98.6 cm³/mol. The number of ether oxygens (including phenoxy) is 1. The molecule has 146 valence electrons. The highest BCUT2D eigenvalue weighted by Gasteiger charge is 2.26. The van der Waals surface area contributed by atoms with Crippen LogP contribution in [0.2, 0.25) is 0 Å². The second-order valence-electron chi connectivity index (χ2n) is 5.90. The first-order chi connectivity index (χ1) is 12.8. The first-order valence-corrected chi connectivity index (χ1v) is 10.2. The molecule has 2 aromatic rings. The van der Waals surface area contributed by atoms with Crippen LogP contribution in [0.15, 0.2) is 18.3 Å². The van der Waals surface area contributed by atoms with Gasteiger partial charge in [-0.2, -0.15) is 0 Å². The van der Waals surface area contributed by atoms with Gasteiger partial charge in [0, 0.05) is 25.2 Å². The van der Waals surface area contributed by atoms with Crippen LogP contribution in [0.4, 0.5) is 14.5 Å². The molecule has 1 aliphatic rings. The quantitative estimate of drug-likeness (QED) is 0.731. The van der Waals surface area contributed by atoms with Gasteiger partial charge in [-0.1, -0.05) is 5.21 Å². The Hall–Kier alpha value is -2.34. The molecule has 2 heterocycles. The Labute approximate surface area is 160 Å². The van der Waals surface area contributed by atoms with E-state index in [2.05, 4.69) is 15.6 Å². The molecule has 1 fully saturated rings. The number of anilines is 1. The normalized spacial score (nSPS) is 16.2. The summed E-state index contributed by atoms with van der Waals surface area (Å²) in [5.41, 5.74) is 0.424. The van der Waals surface area contributed by atoms with Gasteiger partial charge in [-0.05, 0) is 12.2 Å². The Morgan fingerprint density at radius 1 is 1.30 bits per heavy atom. The van der Waals surface area contributed by atoms with Crippen molar-refractivity contribution < 1.29 is 21.9 Å². The number of benzene rings is 1. The van der Waals surface area contributed by atoms with Gasteiger partial charge in [-0.3, -0.25) is 0 Å². The number of halogens is 2. The lowest BCUT2D eigenvalue weighted by Crippen LogP contribution is -2.41. The number of sulfone groups is 1. The number of hydrogen-bond donors (Lipinski definition) is 1. The minimum Gasteiger partial charge on any atom is -0.474 e. The van der Waals surface area contributed by atoms with Crippen molar-refractivity contribution in [3.05, 3.63) is 35.7 Å². The van der Waals surface area contributed by atoms with Crippen molar-refractivity contribution in [2.24, 2.45) is 0 Å². The summed E-state index contributed by atoms with van der Waals surface area (Å²) < 4.78 is 58.1. The zero-order valence-electron chi connectivity index (χ0n) is 14.4. The number of thiocarbonyl (C=S) groups is 1. The second kappa shape index (κ2) is 7.72. The predicted octanol–water partition coefficient (Wildman–Crippen LogP) is 0.801. The molecule has 0 aliphatic carbocycles. The van der Waals surface area contributed by atoms with Gasteiger partial charge in [0.25, 0.3) is 5.17 Å². The Morgan fingerprint density at radius 3 is 2.52 bits per heavy atom. The molecule has 1 aromatic heterocycles. The fourth-order valence-electron chi connectivity index (χ4n) is 2.66. The molecule has 12 heteroatoms. The van der Waals surface area contributed by atoms with E-state index < -0.39 is 21.5 Å². The summed E-state index contributed by atoms with van der Waals surface area (Å²) in [6.45, 7) is 0.347. The third kappa shape index (κ3) is 4.50. The third-order valence-electron chi connectivity index (χ3n) is 4.07. The maximum atomic E-state index is 14.5. The summed E-state index contributed by atoms with van der Waals surface area (Å²) in [5, 5.41) is 10.7. The van der Waals surface area contributed by atoms with Gasteiger partial charge in [0.1, 0.15) is 11.4 Å². The van der Waals surface area contributed by atoms with Crippen LogP contribution < -0.4 is 10.2 Å². The van der Waals surface area contributed by atoms with Crippen LogP contribution in [-0.2, 0) is 21.1 Å². The van der Waals surface area contributed by atoms with Crippen LogP contribution in [-0.4, -0.2) is 60.3 Å². The first kappa shape index (κ1) is 19.4. The molecule has 1 aliphatic heterocycles. The van der Waals surface area contributed by atoms with Crippen molar-refractivity contribution in [3.8, 4) is 5.69 Å². The smallest absolute Gasteiger partial charge is 0.256 e. The summed E-state index contributed by atoms with van der Waals surface area (Å²) in [4.78, 5) is 1.40. The average Bonchev–Trinajstić information content (AvgIpc) is 3.09. The molecule has 1 saturated heterocycles. The lowest BCUT2D eigenvalue weighted by molar-refractivity contribution is 0.392. The molecule has 0 atom stereocenters. The summed E-state index contributed by atoms with van der Waals surface area (Å²) in [6.07, 6.45) is 1.51. The molecule has 27 heavy (non-hydrogen) atoms. The maximum Gasteiger partial charge on any atom is 0.256 e. The molecule has 0 unspecified atom stereocenters. The Bertz CT molecular complexity index is 927. The van der Waals surface area contributed by atoms with Crippen molar-refractivity contribution in [2.75, 3.05) is 36.6 Å². The van der Waals surface area contributed by atoms with E-state index in [0.717, 1.165) is 12.1 Å². The molecule has 0 radical (unpaired) electrons. The van der Waals surface area contributed by atoms with Gasteiger partial charge in [0.05, 0.1) is 37.0 Å². The van der Waals surface area contributed by atoms with Crippen molar-refractivity contribution >= 4 is 32.9 Å². The standard InChI is InChI=1S/C15H17F2N5O3S2/c1-25-15(26)18-8-10-9-22(20-19-10)11-6-12(16)14(13(17)7-11)21-2-4-27(23,24)5-3-21/h6-7,9H,2-5,8H2,1H3,(H,18,26). The van der Waals surface area contributed by atoms with Gasteiger partial charge in [0.15, 0.2) is 21.5 Å². The largest absolute Gasteiger partial charge is 0.474 e. The van der Waals surface area contributed by atoms with Gasteiger partial charge >= 0.3 is 0 Å². The molecule has 1 N–H and O–H groups in total. The molecule has 8 nitrogen and oxygen atoms in total. The van der Waals surface area contributed by atoms with Gasteiger partial charge in [-0.15, -0.1) is 5.10 Å². The second-order valence-corrected chi connectivity index (χ2v) is 8.57. The van der Waals surface area contributed by atoms with Gasteiger partial charge < -0.3 is 15.0 Å². The zero-order valence-corrected chi connectivity index (χ0v) is 16.0. The molecule has 3 rings (SSSR count). The van der Waals surface area contributed by atoms with E-state index in [1.807, 2.05) is 0 Å². The van der Waals surface area contributed by atoms with Crippen LogP contribution in [0.5, 0.6) is 0 Å². The fourth-order valence-corrected chi connectivity index (χ4v) is 3.94. The van der Waals surface area contributed by atoms with Crippen molar-refractivity contribution in [2.45, 2.75) is 6.54 Å². The van der Waals surface area contributed by atoms with E-state index in [-0.39, 0.29) is 47.7 Å². The van der Waals surface area contributed by atoms with Crippen LogP contribution in [0.25, 0.3) is 5.69 Å².